The standard InChI is InChI=1S/C48H6.C28H28N2O2/c1-3-5-7-9-11-13-15-17-19-21-23-25-27-29-31-33-35-37-39-41-43-45-47-48-46-44-42-40-38-36-34-32-30-28-26-24-22-20-18-16-14-12-10-8-6-4-2;1-18-7-9-19(10-8-18)17-32-28-13-20-11-12-30-16-25-23(21-5-3-4-6-24(21)29-25)14-26(30)22(20)15-27(28)31-2/h1-2H3;3-10,13,15,26,29H,11-12,14,16-17H2,1-2H3. The number of hydrogen-bond acceptors (Lipinski definition) is 3. The average Bonchev–Trinajstić information content (AvgIpc) is 3.92. The van der Waals surface area contributed by atoms with Crippen molar-refractivity contribution in [3.05, 3.63) is 94.2 Å². The minimum Gasteiger partial charge on any atom is -0.493 e. The maximum Gasteiger partial charge on any atom is 0.161 e. The van der Waals surface area contributed by atoms with Crippen molar-refractivity contribution >= 4 is 10.9 Å². The first-order valence-electron chi connectivity index (χ1n) is 23.7. The van der Waals surface area contributed by atoms with E-state index >= 15 is 0 Å². The summed E-state index contributed by atoms with van der Waals surface area (Å²) in [4.78, 5) is 6.26. The van der Waals surface area contributed by atoms with Crippen LogP contribution in [0.1, 0.15) is 53.4 Å². The molecule has 0 saturated carbocycles. The van der Waals surface area contributed by atoms with Gasteiger partial charge in [-0.2, -0.15) is 0 Å². The van der Waals surface area contributed by atoms with Crippen molar-refractivity contribution < 1.29 is 9.47 Å². The van der Waals surface area contributed by atoms with E-state index in [2.05, 4.69) is 350 Å². The highest BCUT2D eigenvalue weighted by Gasteiger charge is 2.34. The summed E-state index contributed by atoms with van der Waals surface area (Å²) in [6, 6.07) is 22.0. The molecule has 1 N–H and O–H groups in total. The van der Waals surface area contributed by atoms with Crippen LogP contribution in [0.2, 0.25) is 0 Å². The van der Waals surface area contributed by atoms with Gasteiger partial charge in [0.1, 0.15) is 6.61 Å². The number of aryl methyl sites for hydroxylation is 1. The van der Waals surface area contributed by atoms with Crippen LogP contribution in [0, 0.1) is 279 Å². The monoisotopic (exact) mass is 1010 g/mol. The second-order valence-corrected chi connectivity index (χ2v) is 15.0. The fourth-order valence-corrected chi connectivity index (χ4v) is 6.76. The Morgan fingerprint density at radius 3 is 1.21 bits per heavy atom. The number of fused-ring (bicyclic) bond motifs is 6. The van der Waals surface area contributed by atoms with Gasteiger partial charge >= 0.3 is 0 Å². The maximum absolute atomic E-state index is 6.21. The summed E-state index contributed by atoms with van der Waals surface area (Å²) in [7, 11) is 1.74. The number of ether oxygens (including phenoxy) is 2. The summed E-state index contributed by atoms with van der Waals surface area (Å²) in [6.45, 7) is 8.06. The van der Waals surface area contributed by atoms with Crippen molar-refractivity contribution in [2.24, 2.45) is 0 Å². The Kier molecular flexibility index (Phi) is 26.3. The third kappa shape index (κ3) is 22.2. The number of benzene rings is 3. The number of nitrogens with zero attached hydrogens (tertiary/aromatic N) is 1. The van der Waals surface area contributed by atoms with Gasteiger partial charge in [0.25, 0.3) is 0 Å². The van der Waals surface area contributed by atoms with Crippen LogP contribution in [0.25, 0.3) is 10.9 Å². The Morgan fingerprint density at radius 1 is 0.463 bits per heavy atom. The lowest BCUT2D eigenvalue weighted by molar-refractivity contribution is 0.158. The summed E-state index contributed by atoms with van der Waals surface area (Å²) in [5.41, 5.74) is 9.27. The zero-order valence-electron chi connectivity index (χ0n) is 43.7. The molecule has 0 radical (unpaired) electrons. The zero-order valence-corrected chi connectivity index (χ0v) is 43.7. The average molecular weight is 1010 g/mol. The minimum absolute atomic E-state index is 0.380. The molecular formula is C76H34N2O2. The smallest absolute Gasteiger partial charge is 0.161 e. The lowest BCUT2D eigenvalue weighted by atomic mass is 9.85. The van der Waals surface area contributed by atoms with Crippen LogP contribution in [0.4, 0.5) is 0 Å². The molecule has 2 aliphatic heterocycles. The van der Waals surface area contributed by atoms with E-state index in [1.807, 2.05) is 0 Å². The number of rotatable bonds is 4. The van der Waals surface area contributed by atoms with Crippen LogP contribution in [0.3, 0.4) is 0 Å². The SMILES string of the molecule is CC#CC#CC#CC#CC#CC#CC#CC#CC#CC#CC#CC#CC#CC#CC#CC#CC#CC#CC#CC#CC#CC#CC#CC.COc1cc2c(cc1OCc1ccc(C)cc1)CCN1Cc3[nH]c4ccccc4c3CC21. The van der Waals surface area contributed by atoms with Crippen LogP contribution in [-0.2, 0) is 26.0 Å². The van der Waals surface area contributed by atoms with Crippen molar-refractivity contribution in [3.8, 4) is 284 Å². The molecule has 6 rings (SSSR count). The highest BCUT2D eigenvalue weighted by Crippen LogP contribution is 2.44. The normalized spacial score (nSPS) is 9.38. The quantitative estimate of drug-likeness (QED) is 0.229. The Balaban J connectivity index is 0.000000314. The van der Waals surface area contributed by atoms with Gasteiger partial charge in [0.2, 0.25) is 0 Å². The number of nitrogens with one attached hydrogen (secondary N) is 1. The molecule has 80 heavy (non-hydrogen) atoms. The molecule has 1 unspecified atom stereocenters. The minimum atomic E-state index is 0.380. The van der Waals surface area contributed by atoms with Gasteiger partial charge in [-0.25, -0.2) is 0 Å². The van der Waals surface area contributed by atoms with Crippen LogP contribution < -0.4 is 9.47 Å². The van der Waals surface area contributed by atoms with Crippen LogP contribution in [0.15, 0.2) is 60.7 Å². The topological polar surface area (TPSA) is 37.5 Å². The number of hydrogen-bond donors (Lipinski definition) is 1. The van der Waals surface area contributed by atoms with E-state index in [-0.39, 0.29) is 0 Å². The second kappa shape index (κ2) is 36.5. The maximum atomic E-state index is 6.21. The first-order chi connectivity index (χ1) is 39.6. The van der Waals surface area contributed by atoms with E-state index in [9.17, 15) is 0 Å². The van der Waals surface area contributed by atoms with Crippen molar-refractivity contribution in [1.29, 1.82) is 0 Å². The number of H-pyrrole nitrogens is 1. The van der Waals surface area contributed by atoms with Crippen LogP contribution in [0.5, 0.6) is 11.5 Å². The lowest BCUT2D eigenvalue weighted by Crippen LogP contribution is -2.39. The number of methoxy groups -OCH3 is 1. The van der Waals surface area contributed by atoms with Gasteiger partial charge in [-0.3, -0.25) is 4.90 Å². The molecule has 360 valence electrons. The van der Waals surface area contributed by atoms with Crippen molar-refractivity contribution in [2.75, 3.05) is 13.7 Å². The van der Waals surface area contributed by atoms with Gasteiger partial charge in [0.05, 0.1) is 7.11 Å². The van der Waals surface area contributed by atoms with E-state index in [1.165, 1.54) is 44.4 Å². The Hall–Kier alpha value is -13.4. The molecule has 2 aliphatic rings. The van der Waals surface area contributed by atoms with Gasteiger partial charge in [-0.1, -0.05) is 59.9 Å². The molecule has 1 atom stereocenters. The fraction of sp³-hybridized carbons (Fsp3) is 0.132. The molecule has 0 saturated heterocycles. The number of aromatic nitrogens is 1. The van der Waals surface area contributed by atoms with Crippen molar-refractivity contribution in [2.45, 2.75) is 52.8 Å². The van der Waals surface area contributed by atoms with Gasteiger partial charge in [0, 0.05) is 202 Å². The summed E-state index contributed by atoms with van der Waals surface area (Å²) in [5, 5.41) is 1.36. The molecule has 0 aliphatic carbocycles. The molecule has 0 bridgehead atoms. The summed E-state index contributed by atoms with van der Waals surface area (Å²) in [6.07, 6.45) is 2.06. The Morgan fingerprint density at radius 2 is 0.838 bits per heavy atom. The van der Waals surface area contributed by atoms with Crippen molar-refractivity contribution in [3.63, 3.8) is 0 Å². The van der Waals surface area contributed by atoms with E-state index in [0.29, 0.717) is 12.6 Å². The van der Waals surface area contributed by atoms with Crippen molar-refractivity contribution in [1.82, 2.24) is 9.88 Å². The molecule has 1 aromatic heterocycles. The highest BCUT2D eigenvalue weighted by molar-refractivity contribution is 5.85. The van der Waals surface area contributed by atoms with E-state index < -0.39 is 0 Å². The van der Waals surface area contributed by atoms with Gasteiger partial charge in [0.15, 0.2) is 11.5 Å². The number of para-hydroxylation sites is 1. The second-order valence-electron chi connectivity index (χ2n) is 15.0. The summed E-state index contributed by atoms with van der Waals surface area (Å²) in [5.74, 6) is 117. The Labute approximate surface area is 472 Å². The van der Waals surface area contributed by atoms with Crippen LogP contribution in [-0.4, -0.2) is 23.5 Å². The zero-order chi connectivity index (χ0) is 56.2. The summed E-state index contributed by atoms with van der Waals surface area (Å²) >= 11 is 0. The molecule has 0 amide bonds. The molecule has 4 nitrogen and oxygen atoms in total. The molecule has 0 spiro atoms. The van der Waals surface area contributed by atoms with E-state index in [4.69, 9.17) is 9.47 Å². The predicted octanol–water partition coefficient (Wildman–Crippen LogP) is 6.82. The number of aromatic amines is 1. The summed E-state index contributed by atoms with van der Waals surface area (Å²) < 4.78 is 12.0. The molecule has 0 fully saturated rings. The first-order valence-corrected chi connectivity index (χ1v) is 23.7. The highest BCUT2D eigenvalue weighted by atomic mass is 16.5. The molecule has 4 heteroatoms. The predicted molar refractivity (Wildman–Crippen MR) is 318 cm³/mol. The van der Waals surface area contributed by atoms with Gasteiger partial charge in [-0.15, -0.1) is 0 Å². The Bertz CT molecular complexity index is 4510. The fourth-order valence-electron chi connectivity index (χ4n) is 6.76. The van der Waals surface area contributed by atoms with E-state index in [0.717, 1.165) is 37.4 Å². The van der Waals surface area contributed by atoms with Gasteiger partial charge < -0.3 is 14.5 Å². The largest absolute Gasteiger partial charge is 0.493 e. The molecule has 4 aromatic rings. The third-order valence-electron chi connectivity index (χ3n) is 10.0. The lowest BCUT2D eigenvalue weighted by Gasteiger charge is -2.40. The van der Waals surface area contributed by atoms with E-state index in [1.54, 1.807) is 21.0 Å². The third-order valence-corrected chi connectivity index (χ3v) is 10.0. The first kappa shape index (κ1) is 57.5. The van der Waals surface area contributed by atoms with Gasteiger partial charge in [-0.05, 0) is 169 Å². The van der Waals surface area contributed by atoms with Crippen LogP contribution >= 0.6 is 0 Å². The molecular weight excluding hydrogens is 973 g/mol. The molecule has 3 aromatic carbocycles. The molecule has 3 heterocycles.